The Hall–Kier alpha value is -8.43. The molecule has 1 radical (unpaired) electrons. The van der Waals surface area contributed by atoms with E-state index >= 15 is 0 Å². The molecule has 417 valence electrons. The van der Waals surface area contributed by atoms with E-state index in [1.54, 1.807) is 22.1 Å². The van der Waals surface area contributed by atoms with Gasteiger partial charge in [0.15, 0.2) is 0 Å². The second-order valence-electron chi connectivity index (χ2n) is 29.3. The van der Waals surface area contributed by atoms with Gasteiger partial charge in [-0.05, 0) is 106 Å². The summed E-state index contributed by atoms with van der Waals surface area (Å²) in [7, 11) is 0.312. The summed E-state index contributed by atoms with van der Waals surface area (Å²) in [5.41, 5.74) is 36.3. The number of anilines is 9. The molecule has 1 N–H and O–H groups in total. The van der Waals surface area contributed by atoms with Crippen molar-refractivity contribution in [2.45, 2.75) is 13.8 Å². The van der Waals surface area contributed by atoms with Crippen molar-refractivity contribution in [3.05, 3.63) is 284 Å². The number of hydrogen-bond donors (Lipinski definition) is 1. The molecule has 1 spiro atoms. The van der Waals surface area contributed by atoms with Crippen LogP contribution in [0, 0.1) is 13.8 Å². The van der Waals surface area contributed by atoms with Gasteiger partial charge in [-0.25, -0.2) is 0 Å². The number of fused-ring (bicyclic) bond motifs is 16. The summed E-state index contributed by atoms with van der Waals surface area (Å²) in [4.78, 5) is 12.3. The van der Waals surface area contributed by atoms with E-state index < -0.39 is 12.7 Å². The zero-order valence-electron chi connectivity index (χ0n) is 51.4. The average Bonchev–Trinajstić information content (AvgIpc) is 1.33. The normalized spacial score (nSPS) is 18.9. The summed E-state index contributed by atoms with van der Waals surface area (Å²) in [5, 5.41) is 1.86. The molecule has 0 atom stereocenters. The Morgan fingerprint density at radius 1 is 0.363 bits per heavy atom. The van der Waals surface area contributed by atoms with Gasteiger partial charge in [0.2, 0.25) is 13.4 Å². The van der Waals surface area contributed by atoms with Crippen LogP contribution in [-0.4, -0.2) is 72.0 Å². The summed E-state index contributed by atoms with van der Waals surface area (Å²) in [6.45, 7) is 8.71. The molecule has 12 aromatic carbocycles. The van der Waals surface area contributed by atoms with Gasteiger partial charge in [0.1, 0.15) is 0 Å². The topological polar surface area (TPSA) is 21.8 Å². The molecule has 13 heterocycles. The number of nitrogens with zero attached hydrogens (tertiary/aromatic N) is 3. The molecule has 7 saturated heterocycles. The second kappa shape index (κ2) is 17.4. The van der Waals surface area contributed by atoms with E-state index in [4.69, 9.17) is 4.86 Å². The van der Waals surface area contributed by atoms with Crippen LogP contribution in [0.25, 0.3) is 33.4 Å². The van der Waals surface area contributed by atoms with Crippen molar-refractivity contribution in [2.75, 3.05) is 14.7 Å². The fourth-order valence-corrected chi connectivity index (χ4v) is 46.9. The number of hydrogen-bond acceptors (Lipinski definition) is 4. The average molecular weight is 1180 g/mol. The third-order valence-electron chi connectivity index (χ3n) is 26.0. The number of benzene rings is 12. The minimum atomic E-state index is -1.85. The Morgan fingerprint density at radius 3 is 1.33 bits per heavy atom. The third-order valence-corrected chi connectivity index (χ3v) is 43.9. The van der Waals surface area contributed by atoms with Crippen molar-refractivity contribution in [1.29, 1.82) is 0 Å². The monoisotopic (exact) mass is 1180 g/mol. The molecule has 0 saturated carbocycles. The van der Waals surface area contributed by atoms with Crippen molar-refractivity contribution in [1.82, 2.24) is 4.86 Å². The van der Waals surface area contributed by atoms with E-state index in [1.807, 2.05) is 5.30 Å². The molecule has 17 heteroatoms. The first-order valence-electron chi connectivity index (χ1n) is 33.8. The summed E-state index contributed by atoms with van der Waals surface area (Å²) >= 11 is 0. The van der Waals surface area contributed by atoms with Crippen LogP contribution in [0.5, 0.6) is 0 Å². The molecule has 0 aliphatic carbocycles. The van der Waals surface area contributed by atoms with E-state index in [-0.39, 0.29) is 0 Å². The van der Waals surface area contributed by atoms with Gasteiger partial charge in [-0.1, -0.05) is 156 Å². The molecule has 7 fully saturated rings. The summed E-state index contributed by atoms with van der Waals surface area (Å²) in [5.74, 6) is 0. The van der Waals surface area contributed by atoms with Crippen LogP contribution in [-0.2, 0) is 0 Å². The molecule has 2 bridgehead atoms. The molecule has 4 nitrogen and oxygen atoms in total. The fourth-order valence-electron chi connectivity index (χ4n) is 21.7. The first kappa shape index (κ1) is 51.2. The van der Waals surface area contributed by atoms with E-state index in [0.29, 0.717) is 34.1 Å². The fraction of sp³-hybridized carbons (Fsp3) is 0.0270. The van der Waals surface area contributed by atoms with Crippen LogP contribution in [0.2, 0.25) is 0 Å². The van der Waals surface area contributed by atoms with Gasteiger partial charge in [0.25, 0.3) is 0 Å². The van der Waals surface area contributed by atoms with Gasteiger partial charge in [-0.3, -0.25) is 0 Å². The van der Waals surface area contributed by atoms with Gasteiger partial charge in [-0.2, -0.15) is 0 Å². The van der Waals surface area contributed by atoms with E-state index in [2.05, 4.69) is 308 Å². The SMILES string of the molecule is Cc1ccc2c(c1)B1c3ccccc3N(c3ccccc3)c3cccc-2c31.Cc1cccc2c1B1c3ccccc3N(c3ccccc3)c3cccc-2c31.[B]1B2B3[BH2-]P123NP12(c3ccc4c5c3-c3ccccc3B5c3ccccc3N4c3ccccc3)B3[BH2-]B1B32. The van der Waals surface area contributed by atoms with Crippen LogP contribution < -0.4 is 74.0 Å². The van der Waals surface area contributed by atoms with Crippen LogP contribution in [0.1, 0.15) is 11.1 Å². The van der Waals surface area contributed by atoms with Crippen molar-refractivity contribution in [3.8, 4) is 33.4 Å². The predicted octanol–water partition coefficient (Wildman–Crippen LogP) is 8.80. The molecule has 12 aromatic rings. The van der Waals surface area contributed by atoms with Crippen LogP contribution in [0.3, 0.4) is 0 Å². The molecule has 0 amide bonds. The minimum absolute atomic E-state index is 0.312. The molecule has 25 rings (SSSR count). The Bertz CT molecular complexity index is 5250. The Labute approximate surface area is 537 Å². The quantitative estimate of drug-likeness (QED) is 0.133. The Balaban J connectivity index is 0.0000000920. The third kappa shape index (κ3) is 6.16. The van der Waals surface area contributed by atoms with Crippen molar-refractivity contribution >= 4 is 190 Å². The van der Waals surface area contributed by atoms with Gasteiger partial charge in [0, 0.05) is 34.1 Å². The van der Waals surface area contributed by atoms with Gasteiger partial charge < -0.3 is 9.80 Å². The number of para-hydroxylation sites is 6. The molecular weight excluding hydrogens is 1130 g/mol. The zero-order valence-corrected chi connectivity index (χ0v) is 53.2. The number of nitrogens with one attached hydrogen (secondary N) is 1. The standard InChI is InChI=1S/2C25H18BN.C24H20B9N2P2/c1-17-9-7-12-19-20-13-8-16-23-25(20)26(24(17)19)21-14-5-6-15-22(21)27(23)18-10-3-2-4-11-18;1-17-14-15-19-20-10-7-13-24-25(20)26(22(19)16-17)21-11-5-6-12-23(21)27(24)18-8-3-2-4-9-18;1-2-8-16(9-3-1)35-20-13-7-6-12-19(20)28-18-11-5-4-10-17(18)23-22(15-14-21(35)24(23)28)36(29-25-30(36)33(29)36)34-37-26-31(37)32(37)27-37/h2*2-16H,1H3;1-15,34H,25-26H2/q;;-2. The zero-order chi connectivity index (χ0) is 59.5. The van der Waals surface area contributed by atoms with Crippen molar-refractivity contribution < 1.29 is 0 Å². The molecule has 13 aliphatic heterocycles. The van der Waals surface area contributed by atoms with Gasteiger partial charge in [-0.15, -0.1) is 0 Å². The van der Waals surface area contributed by atoms with Gasteiger partial charge in [0.05, 0.1) is 0 Å². The Kier molecular flexibility index (Phi) is 9.78. The molecule has 13 aliphatic rings. The van der Waals surface area contributed by atoms with E-state index in [0.717, 1.165) is 24.9 Å². The maximum absolute atomic E-state index is 4.88. The first-order valence-corrected chi connectivity index (χ1v) is 39.1. The Morgan fingerprint density at radius 2 is 0.802 bits per heavy atom. The maximum atomic E-state index is 4.88. The molecular formula is C74H56B11N4P2-2. The summed E-state index contributed by atoms with van der Waals surface area (Å²) in [6, 6.07) is 101. The summed E-state index contributed by atoms with van der Waals surface area (Å²) < 4.78 is 0. The van der Waals surface area contributed by atoms with E-state index in [9.17, 15) is 0 Å². The van der Waals surface area contributed by atoms with Crippen LogP contribution >= 0.6 is 12.7 Å². The van der Waals surface area contributed by atoms with Gasteiger partial charge >= 0.3 is 222 Å². The number of rotatable bonds is 6. The van der Waals surface area contributed by atoms with E-state index in [1.165, 1.54) is 129 Å². The van der Waals surface area contributed by atoms with Crippen molar-refractivity contribution in [2.24, 2.45) is 0 Å². The predicted molar refractivity (Wildman–Crippen MR) is 411 cm³/mol. The first-order chi connectivity index (χ1) is 44.9. The summed E-state index contributed by atoms with van der Waals surface area (Å²) in [6.07, 6.45) is 2.66. The van der Waals surface area contributed by atoms with Crippen LogP contribution in [0.4, 0.5) is 51.2 Å². The number of aryl methyl sites for hydroxylation is 2. The molecule has 91 heavy (non-hydrogen) atoms. The second-order valence-corrected chi connectivity index (χ2v) is 41.3. The molecule has 0 unspecified atom stereocenters. The van der Waals surface area contributed by atoms with Crippen LogP contribution in [0.15, 0.2) is 273 Å². The van der Waals surface area contributed by atoms with Crippen molar-refractivity contribution in [3.63, 3.8) is 0 Å². The molecule has 0 aromatic heterocycles.